The molecule has 0 bridgehead atoms. The molecule has 2 fully saturated rings. The number of benzene rings is 1. The monoisotopic (exact) mass is 272 g/mol. The van der Waals surface area contributed by atoms with Crippen molar-refractivity contribution in [3.05, 3.63) is 34.9 Å². The fourth-order valence-corrected chi connectivity index (χ4v) is 3.28. The van der Waals surface area contributed by atoms with Crippen LogP contribution >= 0.6 is 0 Å². The Bertz CT molecular complexity index is 522. The second-order valence-corrected chi connectivity index (χ2v) is 6.50. The van der Waals surface area contributed by atoms with E-state index in [1.165, 1.54) is 29.5 Å². The van der Waals surface area contributed by atoms with Crippen molar-refractivity contribution in [2.24, 2.45) is 11.8 Å². The zero-order chi connectivity index (χ0) is 14.3. The first-order valence-electron chi connectivity index (χ1n) is 7.66. The maximum absolute atomic E-state index is 12.2. The number of amides is 1. The van der Waals surface area contributed by atoms with Crippen LogP contribution in [0.1, 0.15) is 42.6 Å². The van der Waals surface area contributed by atoms with Gasteiger partial charge in [-0.2, -0.15) is 0 Å². The second kappa shape index (κ2) is 5.21. The smallest absolute Gasteiger partial charge is 0.238 e. The van der Waals surface area contributed by atoms with Crippen molar-refractivity contribution >= 4 is 5.91 Å². The van der Waals surface area contributed by atoms with Crippen LogP contribution in [0.5, 0.6) is 0 Å². The molecule has 0 aromatic heterocycles. The molecular weight excluding hydrogens is 248 g/mol. The van der Waals surface area contributed by atoms with Crippen LogP contribution in [0.2, 0.25) is 0 Å². The molecule has 2 atom stereocenters. The van der Waals surface area contributed by atoms with Crippen LogP contribution in [0, 0.1) is 25.7 Å². The number of nitrogens with one attached hydrogen (secondary N) is 1. The lowest BCUT2D eigenvalue weighted by atomic mass is 10.0. The van der Waals surface area contributed by atoms with E-state index in [2.05, 4.69) is 44.3 Å². The molecule has 0 spiro atoms. The first kappa shape index (κ1) is 13.6. The highest BCUT2D eigenvalue weighted by molar-refractivity contribution is 5.81. The molecule has 1 aliphatic carbocycles. The summed E-state index contributed by atoms with van der Waals surface area (Å²) in [5, 5.41) is 3.37. The van der Waals surface area contributed by atoms with E-state index in [1.54, 1.807) is 0 Å². The highest BCUT2D eigenvalue weighted by atomic mass is 16.2. The van der Waals surface area contributed by atoms with Gasteiger partial charge in [0.25, 0.3) is 0 Å². The molecule has 2 unspecified atom stereocenters. The van der Waals surface area contributed by atoms with Gasteiger partial charge in [-0.3, -0.25) is 10.1 Å². The van der Waals surface area contributed by atoms with Gasteiger partial charge in [0.1, 0.15) is 6.17 Å². The van der Waals surface area contributed by atoms with Gasteiger partial charge in [0.15, 0.2) is 0 Å². The summed E-state index contributed by atoms with van der Waals surface area (Å²) in [6, 6.07) is 6.49. The third kappa shape index (κ3) is 2.59. The standard InChI is InChI=1S/C17H24N2O/c1-11-4-7-15(12(2)8-11)17-18-9-16(20)19(17)10-13(3)14-5-6-14/h4,7-8,13-14,17-18H,5-6,9-10H2,1-3H3. The summed E-state index contributed by atoms with van der Waals surface area (Å²) in [6.07, 6.45) is 2.74. The van der Waals surface area contributed by atoms with E-state index in [-0.39, 0.29) is 12.1 Å². The number of carbonyl (C=O) groups is 1. The molecule has 2 aliphatic rings. The molecular formula is C17H24N2O. The third-order valence-electron chi connectivity index (χ3n) is 4.71. The molecule has 1 N–H and O–H groups in total. The Hall–Kier alpha value is -1.35. The van der Waals surface area contributed by atoms with Gasteiger partial charge in [-0.25, -0.2) is 0 Å². The predicted molar refractivity (Wildman–Crippen MR) is 80.3 cm³/mol. The van der Waals surface area contributed by atoms with E-state index in [0.717, 1.165) is 12.5 Å². The van der Waals surface area contributed by atoms with Crippen molar-refractivity contribution in [1.82, 2.24) is 10.2 Å². The molecule has 3 heteroatoms. The van der Waals surface area contributed by atoms with Gasteiger partial charge >= 0.3 is 0 Å². The fourth-order valence-electron chi connectivity index (χ4n) is 3.28. The molecule has 1 aromatic rings. The average Bonchev–Trinajstić information content (AvgIpc) is 3.18. The zero-order valence-corrected chi connectivity index (χ0v) is 12.6. The highest BCUT2D eigenvalue weighted by Crippen LogP contribution is 2.38. The van der Waals surface area contributed by atoms with E-state index in [0.29, 0.717) is 12.5 Å². The molecule has 1 amide bonds. The van der Waals surface area contributed by atoms with E-state index >= 15 is 0 Å². The van der Waals surface area contributed by atoms with E-state index in [9.17, 15) is 4.79 Å². The van der Waals surface area contributed by atoms with Crippen LogP contribution in [0.4, 0.5) is 0 Å². The van der Waals surface area contributed by atoms with Gasteiger partial charge in [0.05, 0.1) is 6.54 Å². The molecule has 1 saturated carbocycles. The Morgan fingerprint density at radius 2 is 2.10 bits per heavy atom. The predicted octanol–water partition coefficient (Wildman–Crippen LogP) is 2.78. The molecule has 20 heavy (non-hydrogen) atoms. The van der Waals surface area contributed by atoms with Gasteiger partial charge in [-0.05, 0) is 49.7 Å². The van der Waals surface area contributed by atoms with Crippen LogP contribution in [0.15, 0.2) is 18.2 Å². The molecule has 3 rings (SSSR count). The second-order valence-electron chi connectivity index (χ2n) is 6.50. The summed E-state index contributed by atoms with van der Waals surface area (Å²) < 4.78 is 0. The maximum atomic E-state index is 12.2. The van der Waals surface area contributed by atoms with Crippen molar-refractivity contribution in [3.63, 3.8) is 0 Å². The highest BCUT2D eigenvalue weighted by Gasteiger charge is 2.36. The number of carbonyl (C=O) groups excluding carboxylic acids is 1. The lowest BCUT2D eigenvalue weighted by molar-refractivity contribution is -0.128. The van der Waals surface area contributed by atoms with Gasteiger partial charge in [-0.15, -0.1) is 0 Å². The third-order valence-corrected chi connectivity index (χ3v) is 4.71. The van der Waals surface area contributed by atoms with Crippen molar-refractivity contribution in [3.8, 4) is 0 Å². The molecule has 0 radical (unpaired) electrons. The number of hydrogen-bond donors (Lipinski definition) is 1. The van der Waals surface area contributed by atoms with Crippen molar-refractivity contribution in [2.75, 3.05) is 13.1 Å². The Morgan fingerprint density at radius 1 is 1.35 bits per heavy atom. The summed E-state index contributed by atoms with van der Waals surface area (Å²) in [4.78, 5) is 14.2. The number of rotatable bonds is 4. The SMILES string of the molecule is Cc1ccc(C2NCC(=O)N2CC(C)C2CC2)c(C)c1. The van der Waals surface area contributed by atoms with Gasteiger partial charge in [-0.1, -0.05) is 30.7 Å². The summed E-state index contributed by atoms with van der Waals surface area (Å²) in [5.74, 6) is 1.69. The zero-order valence-electron chi connectivity index (χ0n) is 12.6. The van der Waals surface area contributed by atoms with E-state index < -0.39 is 0 Å². The Kier molecular flexibility index (Phi) is 3.55. The lowest BCUT2D eigenvalue weighted by Gasteiger charge is -2.28. The van der Waals surface area contributed by atoms with E-state index in [1.807, 2.05) is 4.90 Å². The van der Waals surface area contributed by atoms with Crippen LogP contribution in [0.3, 0.4) is 0 Å². The number of hydrogen-bond acceptors (Lipinski definition) is 2. The van der Waals surface area contributed by atoms with Crippen LogP contribution in [0.25, 0.3) is 0 Å². The first-order valence-corrected chi connectivity index (χ1v) is 7.66. The van der Waals surface area contributed by atoms with Gasteiger partial charge in [0, 0.05) is 6.54 Å². The van der Waals surface area contributed by atoms with Crippen molar-refractivity contribution < 1.29 is 4.79 Å². The van der Waals surface area contributed by atoms with Crippen molar-refractivity contribution in [1.29, 1.82) is 0 Å². The molecule has 1 heterocycles. The minimum absolute atomic E-state index is 0.0595. The summed E-state index contributed by atoms with van der Waals surface area (Å²) in [6.45, 7) is 7.87. The molecule has 1 saturated heterocycles. The molecule has 108 valence electrons. The minimum atomic E-state index is 0.0595. The molecule has 1 aromatic carbocycles. The summed E-state index contributed by atoms with van der Waals surface area (Å²) in [5.41, 5.74) is 3.78. The first-order chi connectivity index (χ1) is 9.56. The topological polar surface area (TPSA) is 32.3 Å². The Balaban J connectivity index is 1.81. The number of aryl methyl sites for hydroxylation is 2. The largest absolute Gasteiger partial charge is 0.322 e. The Morgan fingerprint density at radius 3 is 2.75 bits per heavy atom. The maximum Gasteiger partial charge on any atom is 0.238 e. The lowest BCUT2D eigenvalue weighted by Crippen LogP contribution is -2.35. The Labute approximate surface area is 121 Å². The fraction of sp³-hybridized carbons (Fsp3) is 0.588. The average molecular weight is 272 g/mol. The normalized spacial score (nSPS) is 24.2. The minimum Gasteiger partial charge on any atom is -0.322 e. The van der Waals surface area contributed by atoms with Crippen LogP contribution in [-0.4, -0.2) is 23.9 Å². The van der Waals surface area contributed by atoms with Crippen LogP contribution < -0.4 is 5.32 Å². The molecule has 1 aliphatic heterocycles. The van der Waals surface area contributed by atoms with E-state index in [4.69, 9.17) is 0 Å². The van der Waals surface area contributed by atoms with Crippen LogP contribution in [-0.2, 0) is 4.79 Å². The van der Waals surface area contributed by atoms with Crippen molar-refractivity contribution in [2.45, 2.75) is 39.8 Å². The van der Waals surface area contributed by atoms with Gasteiger partial charge < -0.3 is 4.90 Å². The number of nitrogens with zero attached hydrogens (tertiary/aromatic N) is 1. The van der Waals surface area contributed by atoms with Gasteiger partial charge in [0.2, 0.25) is 5.91 Å². The summed E-state index contributed by atoms with van der Waals surface area (Å²) in [7, 11) is 0. The quantitative estimate of drug-likeness (QED) is 0.914. The summed E-state index contributed by atoms with van der Waals surface area (Å²) >= 11 is 0. The molecule has 3 nitrogen and oxygen atoms in total.